The first-order valence-electron chi connectivity index (χ1n) is 12.1. The predicted octanol–water partition coefficient (Wildman–Crippen LogP) is 5.06. The number of methoxy groups -OCH3 is 1. The second-order valence-electron chi connectivity index (χ2n) is 9.43. The van der Waals surface area contributed by atoms with Gasteiger partial charge in [0.2, 0.25) is 11.8 Å². The summed E-state index contributed by atoms with van der Waals surface area (Å²) >= 11 is 1.36. The van der Waals surface area contributed by atoms with Gasteiger partial charge in [-0.3, -0.25) is 0 Å². The van der Waals surface area contributed by atoms with Crippen LogP contribution in [0.4, 0.5) is 16.0 Å². The number of pyridine rings is 1. The van der Waals surface area contributed by atoms with Crippen molar-refractivity contribution in [3.8, 4) is 17.0 Å². The Bertz CT molecular complexity index is 1390. The van der Waals surface area contributed by atoms with E-state index in [0.29, 0.717) is 11.8 Å². The molecule has 10 heteroatoms. The van der Waals surface area contributed by atoms with Gasteiger partial charge in [0.15, 0.2) is 0 Å². The van der Waals surface area contributed by atoms with E-state index in [2.05, 4.69) is 44.3 Å². The van der Waals surface area contributed by atoms with E-state index in [-0.39, 0.29) is 11.4 Å². The molecule has 194 valence electrons. The Morgan fingerprint density at radius 3 is 2.59 bits per heavy atom. The van der Waals surface area contributed by atoms with Crippen molar-refractivity contribution in [2.45, 2.75) is 29.8 Å². The third-order valence-corrected chi connectivity index (χ3v) is 7.92. The van der Waals surface area contributed by atoms with Gasteiger partial charge in [-0.1, -0.05) is 6.07 Å². The highest BCUT2D eigenvalue weighted by Crippen LogP contribution is 2.35. The number of fused-ring (bicyclic) bond motifs is 1. The molecule has 1 fully saturated rings. The van der Waals surface area contributed by atoms with Gasteiger partial charge in [-0.05, 0) is 86.9 Å². The first-order valence-corrected chi connectivity index (χ1v) is 12.9. The fourth-order valence-corrected chi connectivity index (χ4v) is 5.50. The first kappa shape index (κ1) is 25.3. The number of nitrogens with zero attached hydrogens (tertiary/aromatic N) is 4. The zero-order valence-corrected chi connectivity index (χ0v) is 22.0. The Kier molecular flexibility index (Phi) is 7.23. The van der Waals surface area contributed by atoms with Crippen LogP contribution in [-0.2, 0) is 11.3 Å². The minimum atomic E-state index is -0.277. The number of halogens is 1. The van der Waals surface area contributed by atoms with Crippen LogP contribution >= 0.6 is 11.9 Å². The van der Waals surface area contributed by atoms with Gasteiger partial charge in [0.05, 0.1) is 23.0 Å². The number of anilines is 2. The number of hydrogen-bond acceptors (Lipinski definition) is 8. The molecule has 2 aromatic carbocycles. The normalized spacial score (nSPS) is 15.3. The zero-order valence-electron chi connectivity index (χ0n) is 21.2. The fraction of sp³-hybridized carbons (Fsp3) is 0.333. The monoisotopic (exact) mass is 522 g/mol. The summed E-state index contributed by atoms with van der Waals surface area (Å²) in [5, 5.41) is 0. The number of likely N-dealkylation sites (N-methyl/N-ethyl adjacent to an activating group) is 1. The summed E-state index contributed by atoms with van der Waals surface area (Å²) < 4.78 is 29.7. The van der Waals surface area contributed by atoms with Crippen LogP contribution in [-0.4, -0.2) is 59.4 Å². The van der Waals surface area contributed by atoms with Crippen LogP contribution in [0.15, 0.2) is 59.6 Å². The van der Waals surface area contributed by atoms with Crippen LogP contribution < -0.4 is 15.2 Å². The van der Waals surface area contributed by atoms with Crippen molar-refractivity contribution in [3.05, 3.63) is 60.5 Å². The molecule has 1 aliphatic heterocycles. The molecular formula is C27H31FN6O2S. The molecule has 1 aliphatic rings. The van der Waals surface area contributed by atoms with Crippen LogP contribution in [0.1, 0.15) is 12.8 Å². The lowest BCUT2D eigenvalue weighted by Crippen LogP contribution is -2.51. The molecule has 0 saturated carbocycles. The van der Waals surface area contributed by atoms with Gasteiger partial charge in [0, 0.05) is 42.7 Å². The van der Waals surface area contributed by atoms with E-state index in [1.54, 1.807) is 25.4 Å². The highest BCUT2D eigenvalue weighted by molar-refractivity contribution is 8.00. The Hall–Kier alpha value is -3.34. The van der Waals surface area contributed by atoms with Gasteiger partial charge in [-0.2, -0.15) is 0 Å². The fourth-order valence-electron chi connectivity index (χ4n) is 4.73. The summed E-state index contributed by atoms with van der Waals surface area (Å²) in [6, 6.07) is 14.4. The summed E-state index contributed by atoms with van der Waals surface area (Å²) in [5.41, 5.74) is 10.9. The molecular weight excluding hydrogens is 491 g/mol. The largest absolute Gasteiger partial charge is 0.480 e. The van der Waals surface area contributed by atoms with Crippen LogP contribution in [0.3, 0.4) is 0 Å². The molecule has 2 aromatic heterocycles. The number of nitrogens with one attached hydrogen (secondary N) is 1. The summed E-state index contributed by atoms with van der Waals surface area (Å²) in [5.74, 6) is 0.735. The van der Waals surface area contributed by atoms with E-state index < -0.39 is 0 Å². The summed E-state index contributed by atoms with van der Waals surface area (Å²) in [6.07, 6.45) is 3.66. The van der Waals surface area contributed by atoms with Crippen molar-refractivity contribution >= 4 is 34.6 Å². The van der Waals surface area contributed by atoms with Crippen molar-refractivity contribution < 1.29 is 13.9 Å². The molecule has 1 saturated heterocycles. The molecule has 3 N–H and O–H groups in total. The van der Waals surface area contributed by atoms with Crippen molar-refractivity contribution in [1.29, 1.82) is 0 Å². The molecule has 0 unspecified atom stereocenters. The molecule has 3 heterocycles. The number of ether oxygens (including phenoxy) is 2. The standard InChI is InChI=1S/C27H31FN6O2S/c1-33(2)27(10-12-36-13-11-27)17-34-23-14-18(4-9-22(23)31-26(34)29)19-15-24(25(35-3)30-16-19)37-32-21-7-5-20(28)6-8-21/h4-9,14-16,32H,10-13,17H2,1-3H3,(H2,29,31). The van der Waals surface area contributed by atoms with Gasteiger partial charge in [0.25, 0.3) is 0 Å². The minimum absolute atomic E-state index is 0.0481. The number of rotatable bonds is 8. The average molecular weight is 523 g/mol. The number of imidazole rings is 1. The van der Waals surface area contributed by atoms with E-state index in [1.165, 1.54) is 24.1 Å². The third kappa shape index (κ3) is 5.22. The quantitative estimate of drug-likeness (QED) is 0.311. The second-order valence-corrected chi connectivity index (χ2v) is 10.3. The van der Waals surface area contributed by atoms with Gasteiger partial charge in [-0.15, -0.1) is 0 Å². The van der Waals surface area contributed by atoms with Crippen molar-refractivity contribution in [2.24, 2.45) is 0 Å². The molecule has 0 aliphatic carbocycles. The maximum Gasteiger partial charge on any atom is 0.228 e. The molecule has 8 nitrogen and oxygen atoms in total. The highest BCUT2D eigenvalue weighted by atomic mass is 32.2. The van der Waals surface area contributed by atoms with Gasteiger partial charge in [0.1, 0.15) is 5.82 Å². The van der Waals surface area contributed by atoms with Gasteiger partial charge >= 0.3 is 0 Å². The maximum atomic E-state index is 13.3. The Morgan fingerprint density at radius 2 is 1.89 bits per heavy atom. The van der Waals surface area contributed by atoms with Crippen molar-refractivity contribution in [1.82, 2.24) is 19.4 Å². The topological polar surface area (TPSA) is 90.5 Å². The van der Waals surface area contributed by atoms with E-state index >= 15 is 0 Å². The lowest BCUT2D eigenvalue weighted by Gasteiger charge is -2.43. The maximum absolute atomic E-state index is 13.3. The number of hydrogen-bond donors (Lipinski definition) is 2. The number of nitrogen functional groups attached to an aromatic ring is 1. The Labute approximate surface area is 220 Å². The van der Waals surface area contributed by atoms with Crippen molar-refractivity contribution in [3.63, 3.8) is 0 Å². The molecule has 0 atom stereocenters. The summed E-state index contributed by atoms with van der Waals surface area (Å²) in [6.45, 7) is 2.21. The van der Waals surface area contributed by atoms with Crippen LogP contribution in [0.25, 0.3) is 22.2 Å². The second kappa shape index (κ2) is 10.6. The zero-order chi connectivity index (χ0) is 26.0. The number of nitrogens with two attached hydrogens (primary N) is 1. The van der Waals surface area contributed by atoms with Crippen LogP contribution in [0.2, 0.25) is 0 Å². The van der Waals surface area contributed by atoms with Crippen LogP contribution in [0, 0.1) is 5.82 Å². The van der Waals surface area contributed by atoms with Gasteiger partial charge in [-0.25, -0.2) is 14.4 Å². The smallest absolute Gasteiger partial charge is 0.228 e. The van der Waals surface area contributed by atoms with E-state index in [1.807, 2.05) is 18.2 Å². The number of aromatic nitrogens is 3. The van der Waals surface area contributed by atoms with Crippen molar-refractivity contribution in [2.75, 3.05) is 44.9 Å². The minimum Gasteiger partial charge on any atom is -0.480 e. The molecule has 0 radical (unpaired) electrons. The molecule has 4 aromatic rings. The summed E-state index contributed by atoms with van der Waals surface area (Å²) in [7, 11) is 5.83. The molecule has 0 amide bonds. The van der Waals surface area contributed by atoms with E-state index in [9.17, 15) is 4.39 Å². The predicted molar refractivity (Wildman–Crippen MR) is 146 cm³/mol. The molecule has 37 heavy (non-hydrogen) atoms. The SMILES string of the molecule is COc1ncc(-c2ccc3nc(N)n(CC4(N(C)C)CCOCC4)c3c2)cc1SNc1ccc(F)cc1. The Morgan fingerprint density at radius 1 is 1.14 bits per heavy atom. The lowest BCUT2D eigenvalue weighted by molar-refractivity contribution is -0.0157. The molecule has 5 rings (SSSR count). The highest BCUT2D eigenvalue weighted by Gasteiger charge is 2.36. The Balaban J connectivity index is 1.47. The first-order chi connectivity index (χ1) is 17.9. The van der Waals surface area contributed by atoms with Gasteiger partial charge < -0.3 is 29.4 Å². The molecule has 0 spiro atoms. The molecule has 0 bridgehead atoms. The van der Waals surface area contributed by atoms with Crippen LogP contribution in [0.5, 0.6) is 5.88 Å². The van der Waals surface area contributed by atoms with E-state index in [4.69, 9.17) is 15.2 Å². The summed E-state index contributed by atoms with van der Waals surface area (Å²) in [4.78, 5) is 12.3. The van der Waals surface area contributed by atoms with E-state index in [0.717, 1.165) is 65.3 Å². The average Bonchev–Trinajstić information content (AvgIpc) is 3.22. The third-order valence-electron chi connectivity index (χ3n) is 7.07. The number of benzene rings is 2. The lowest BCUT2D eigenvalue weighted by atomic mass is 9.88.